The van der Waals surface area contributed by atoms with Crippen molar-refractivity contribution in [2.45, 2.75) is 111 Å². The summed E-state index contributed by atoms with van der Waals surface area (Å²) in [5.74, 6) is -1.10. The molecule has 46 heavy (non-hydrogen) atoms. The van der Waals surface area contributed by atoms with Crippen molar-refractivity contribution in [2.75, 3.05) is 62.0 Å². The minimum atomic E-state index is -0.732. The maximum Gasteiger partial charge on any atom is 0.245 e. The van der Waals surface area contributed by atoms with Crippen LogP contribution in [0.2, 0.25) is 0 Å². The van der Waals surface area contributed by atoms with Gasteiger partial charge in [0.1, 0.15) is 6.04 Å². The molecular formula is C34H66N6O6. The molecule has 0 bridgehead atoms. The van der Waals surface area contributed by atoms with Crippen LogP contribution in [0.25, 0.3) is 0 Å². The molecule has 12 heteroatoms. The van der Waals surface area contributed by atoms with Gasteiger partial charge in [0.15, 0.2) is 0 Å². The van der Waals surface area contributed by atoms with E-state index in [4.69, 9.17) is 9.47 Å². The summed E-state index contributed by atoms with van der Waals surface area (Å²) in [5.41, 5.74) is 0. The highest BCUT2D eigenvalue weighted by molar-refractivity contribution is 5.90. The summed E-state index contributed by atoms with van der Waals surface area (Å²) >= 11 is 0. The molecule has 0 spiro atoms. The molecule has 12 nitrogen and oxygen atoms in total. The Morgan fingerprint density at radius 3 is 2.02 bits per heavy atom. The number of ether oxygens (including phenoxy) is 2. The third kappa shape index (κ3) is 11.2. The van der Waals surface area contributed by atoms with Gasteiger partial charge in [0.2, 0.25) is 23.6 Å². The SMILES string of the molecule is CC[C@H](C)[C@@H]([C@H](CC(=O)N1CCC[C@H]1[C@H](OC)[C@@H](C)C(=O)NCCNC)OC)N(C)C(=O)[C@@H](NC(=O)[C@H](C(C)C)N(C)C)C(C)C. The largest absolute Gasteiger partial charge is 0.379 e. The second kappa shape index (κ2) is 20.2. The number of carbonyl (C=O) groups excluding carboxylic acids is 4. The monoisotopic (exact) mass is 655 g/mol. The van der Waals surface area contributed by atoms with Crippen LogP contribution in [0.4, 0.5) is 0 Å². The lowest BCUT2D eigenvalue weighted by atomic mass is 9.89. The molecule has 8 atom stereocenters. The van der Waals surface area contributed by atoms with Gasteiger partial charge >= 0.3 is 0 Å². The molecule has 1 rings (SSSR count). The fourth-order valence-corrected chi connectivity index (χ4v) is 6.88. The number of nitrogens with one attached hydrogen (secondary N) is 3. The Kier molecular flexibility index (Phi) is 18.3. The molecule has 3 N–H and O–H groups in total. The Labute approximate surface area is 279 Å². The van der Waals surface area contributed by atoms with Crippen LogP contribution in [0.15, 0.2) is 0 Å². The molecule has 0 saturated carbocycles. The first-order chi connectivity index (χ1) is 21.6. The summed E-state index contributed by atoms with van der Waals surface area (Å²) < 4.78 is 11.8. The normalized spacial score (nSPS) is 19.8. The second-order valence-corrected chi connectivity index (χ2v) is 13.9. The van der Waals surface area contributed by atoms with Gasteiger partial charge in [-0.3, -0.25) is 24.1 Å². The molecule has 268 valence electrons. The van der Waals surface area contributed by atoms with E-state index in [1.165, 1.54) is 0 Å². The van der Waals surface area contributed by atoms with Gasteiger partial charge in [-0.1, -0.05) is 54.9 Å². The van der Waals surface area contributed by atoms with Crippen LogP contribution in [-0.4, -0.2) is 137 Å². The van der Waals surface area contributed by atoms with Crippen LogP contribution in [0.1, 0.15) is 74.1 Å². The van der Waals surface area contributed by atoms with Crippen LogP contribution in [0.5, 0.6) is 0 Å². The minimum Gasteiger partial charge on any atom is -0.379 e. The predicted octanol–water partition coefficient (Wildman–Crippen LogP) is 1.97. The molecule has 0 unspecified atom stereocenters. The Balaban J connectivity index is 3.23. The van der Waals surface area contributed by atoms with E-state index < -0.39 is 30.2 Å². The third-order valence-corrected chi connectivity index (χ3v) is 9.62. The lowest BCUT2D eigenvalue weighted by molar-refractivity contribution is -0.148. The van der Waals surface area contributed by atoms with Gasteiger partial charge in [0, 0.05) is 40.9 Å². The minimum absolute atomic E-state index is 0.0165. The van der Waals surface area contributed by atoms with Crippen molar-refractivity contribution in [1.29, 1.82) is 0 Å². The number of likely N-dealkylation sites (N-methyl/N-ethyl adjacent to an activating group) is 3. The van der Waals surface area contributed by atoms with Crippen molar-refractivity contribution < 1.29 is 28.7 Å². The maximum atomic E-state index is 14.1. The average Bonchev–Trinajstić information content (AvgIpc) is 3.48. The highest BCUT2D eigenvalue weighted by Gasteiger charge is 2.43. The molecule has 1 fully saturated rings. The maximum absolute atomic E-state index is 14.1. The molecule has 0 aromatic rings. The molecule has 0 radical (unpaired) electrons. The Morgan fingerprint density at radius 2 is 1.54 bits per heavy atom. The third-order valence-electron chi connectivity index (χ3n) is 9.62. The molecule has 0 aromatic carbocycles. The Bertz CT molecular complexity index is 954. The number of hydrogen-bond acceptors (Lipinski definition) is 8. The summed E-state index contributed by atoms with van der Waals surface area (Å²) in [5, 5.41) is 8.99. The lowest BCUT2D eigenvalue weighted by Gasteiger charge is -2.41. The molecule has 1 aliphatic rings. The highest BCUT2D eigenvalue weighted by atomic mass is 16.5. The van der Waals surface area contributed by atoms with Gasteiger partial charge in [-0.2, -0.15) is 0 Å². The van der Waals surface area contributed by atoms with E-state index in [-0.39, 0.29) is 59.9 Å². The summed E-state index contributed by atoms with van der Waals surface area (Å²) in [6.07, 6.45) is 1.37. The van der Waals surface area contributed by atoms with Crippen LogP contribution in [-0.2, 0) is 28.7 Å². The van der Waals surface area contributed by atoms with Crippen LogP contribution in [0, 0.1) is 23.7 Å². The van der Waals surface area contributed by atoms with E-state index >= 15 is 0 Å². The summed E-state index contributed by atoms with van der Waals surface area (Å²) in [6, 6.07) is -1.76. The molecule has 0 aliphatic carbocycles. The Hall–Kier alpha value is -2.28. The summed E-state index contributed by atoms with van der Waals surface area (Å²) in [7, 11) is 10.5. The first-order valence-corrected chi connectivity index (χ1v) is 17.1. The standard InChI is InChI=1S/C34H66N6O6/c1-14-23(6)30(39(11)34(44)28(21(2)3)37-33(43)29(22(4)5)38(9)10)26(45-12)20-27(41)40-19-15-16-25(40)31(46-13)24(7)32(42)36-18-17-35-8/h21-26,28-31,35H,14-20H2,1-13H3,(H,36,42)(H,37,43)/t23-,24+,25-,26-,28-,29-,30-,31+/m0/s1. The molecule has 4 amide bonds. The van der Waals surface area contributed by atoms with E-state index in [1.807, 2.05) is 65.6 Å². The quantitative estimate of drug-likeness (QED) is 0.170. The Morgan fingerprint density at radius 1 is 0.913 bits per heavy atom. The topological polar surface area (TPSA) is 133 Å². The number of carbonyl (C=O) groups is 4. The number of nitrogens with zero attached hydrogens (tertiary/aromatic N) is 3. The first-order valence-electron chi connectivity index (χ1n) is 17.1. The van der Waals surface area contributed by atoms with Crippen LogP contribution < -0.4 is 16.0 Å². The van der Waals surface area contributed by atoms with Gasteiger partial charge in [0.25, 0.3) is 0 Å². The molecule has 1 saturated heterocycles. The van der Waals surface area contributed by atoms with Crippen LogP contribution in [0.3, 0.4) is 0 Å². The molecular weight excluding hydrogens is 588 g/mol. The zero-order valence-electron chi connectivity index (χ0n) is 31.0. The van der Waals surface area contributed by atoms with Crippen molar-refractivity contribution in [3.05, 3.63) is 0 Å². The fourth-order valence-electron chi connectivity index (χ4n) is 6.88. The van der Waals surface area contributed by atoms with E-state index in [2.05, 4.69) is 29.8 Å². The van der Waals surface area contributed by atoms with Gasteiger partial charge in [0.05, 0.1) is 42.7 Å². The lowest BCUT2D eigenvalue weighted by Crippen LogP contribution is -2.59. The summed E-state index contributed by atoms with van der Waals surface area (Å²) in [6.45, 7) is 15.5. The average molecular weight is 655 g/mol. The van der Waals surface area contributed by atoms with Crippen molar-refractivity contribution >= 4 is 23.6 Å². The number of likely N-dealkylation sites (tertiary alicyclic amines) is 1. The van der Waals surface area contributed by atoms with Gasteiger partial charge in [-0.05, 0) is 51.7 Å². The zero-order valence-corrected chi connectivity index (χ0v) is 31.0. The van der Waals surface area contributed by atoms with Crippen LogP contribution >= 0.6 is 0 Å². The number of hydrogen-bond donors (Lipinski definition) is 3. The van der Waals surface area contributed by atoms with Gasteiger partial charge in [-0.25, -0.2) is 0 Å². The summed E-state index contributed by atoms with van der Waals surface area (Å²) in [4.78, 5) is 59.7. The van der Waals surface area contributed by atoms with Crippen molar-refractivity contribution in [2.24, 2.45) is 23.7 Å². The number of amides is 4. The zero-order chi connectivity index (χ0) is 35.3. The van der Waals surface area contributed by atoms with E-state index in [0.717, 1.165) is 19.3 Å². The van der Waals surface area contributed by atoms with Crippen molar-refractivity contribution in [3.63, 3.8) is 0 Å². The molecule has 1 heterocycles. The second-order valence-electron chi connectivity index (χ2n) is 13.9. The van der Waals surface area contributed by atoms with Gasteiger partial charge in [-0.15, -0.1) is 0 Å². The van der Waals surface area contributed by atoms with Crippen molar-refractivity contribution in [1.82, 2.24) is 30.7 Å². The van der Waals surface area contributed by atoms with E-state index in [9.17, 15) is 19.2 Å². The number of rotatable bonds is 20. The predicted molar refractivity (Wildman–Crippen MR) is 182 cm³/mol. The van der Waals surface area contributed by atoms with E-state index in [1.54, 1.807) is 26.2 Å². The van der Waals surface area contributed by atoms with Crippen molar-refractivity contribution in [3.8, 4) is 0 Å². The number of methoxy groups -OCH3 is 2. The van der Waals surface area contributed by atoms with E-state index in [0.29, 0.717) is 19.6 Å². The first kappa shape index (κ1) is 41.7. The molecule has 1 aliphatic heterocycles. The molecule has 0 aromatic heterocycles. The highest BCUT2D eigenvalue weighted by Crippen LogP contribution is 2.29. The van der Waals surface area contributed by atoms with Gasteiger partial charge < -0.3 is 35.2 Å². The fraction of sp³-hybridized carbons (Fsp3) is 0.882. The smallest absolute Gasteiger partial charge is 0.245 e.